The summed E-state index contributed by atoms with van der Waals surface area (Å²) in [6.07, 6.45) is 0.822. The molecule has 9 heavy (non-hydrogen) atoms. The van der Waals surface area contributed by atoms with E-state index in [0.717, 1.165) is 13.0 Å². The van der Waals surface area contributed by atoms with E-state index in [-0.39, 0.29) is 0 Å². The molecule has 1 unspecified atom stereocenters. The molecule has 0 saturated heterocycles. The Morgan fingerprint density at radius 3 is 2.56 bits per heavy atom. The predicted octanol–water partition coefficient (Wildman–Crippen LogP) is 2.16. The zero-order chi connectivity index (χ0) is 7.11. The molecule has 0 aromatic rings. The lowest BCUT2D eigenvalue weighted by Crippen LogP contribution is -2.01. The van der Waals surface area contributed by atoms with E-state index in [1.54, 1.807) is 6.92 Å². The molecular formula is C7H15FO. The summed E-state index contributed by atoms with van der Waals surface area (Å²) in [6, 6.07) is 0. The summed E-state index contributed by atoms with van der Waals surface area (Å²) in [6.45, 7) is 4.91. The molecule has 0 heterocycles. The fourth-order valence-corrected chi connectivity index (χ4v) is 0.492. The van der Waals surface area contributed by atoms with Crippen LogP contribution in [0.25, 0.3) is 0 Å². The van der Waals surface area contributed by atoms with Crippen molar-refractivity contribution in [2.24, 2.45) is 0 Å². The van der Waals surface area contributed by atoms with E-state index in [1.165, 1.54) is 0 Å². The largest absolute Gasteiger partial charge is 0.381 e. The van der Waals surface area contributed by atoms with E-state index in [0.29, 0.717) is 13.0 Å². The van der Waals surface area contributed by atoms with Gasteiger partial charge < -0.3 is 4.74 Å². The van der Waals surface area contributed by atoms with Gasteiger partial charge in [-0.05, 0) is 13.3 Å². The van der Waals surface area contributed by atoms with Crippen molar-refractivity contribution in [1.29, 1.82) is 0 Å². The van der Waals surface area contributed by atoms with Crippen molar-refractivity contribution in [3.05, 3.63) is 0 Å². The molecule has 1 nitrogen and oxygen atoms in total. The van der Waals surface area contributed by atoms with Crippen LogP contribution in [0.15, 0.2) is 0 Å². The molecule has 0 N–H and O–H groups in total. The second-order valence-corrected chi connectivity index (χ2v) is 2.18. The fraction of sp³-hybridized carbons (Fsp3) is 1.00. The van der Waals surface area contributed by atoms with Crippen LogP contribution in [-0.4, -0.2) is 19.4 Å². The minimum atomic E-state index is -0.721. The number of alkyl halides is 1. The molecule has 0 bridgehead atoms. The molecule has 0 aliphatic heterocycles. The third kappa shape index (κ3) is 7.89. The van der Waals surface area contributed by atoms with Crippen molar-refractivity contribution in [3.63, 3.8) is 0 Å². The lowest BCUT2D eigenvalue weighted by Gasteiger charge is -2.01. The predicted molar refractivity (Wildman–Crippen MR) is 36.3 cm³/mol. The Kier molecular flexibility index (Phi) is 5.94. The second kappa shape index (κ2) is 6.02. The lowest BCUT2D eigenvalue weighted by molar-refractivity contribution is 0.115. The monoisotopic (exact) mass is 134 g/mol. The maximum Gasteiger partial charge on any atom is 0.0995 e. The van der Waals surface area contributed by atoms with Crippen molar-refractivity contribution >= 4 is 0 Å². The van der Waals surface area contributed by atoms with Gasteiger partial charge in [0.15, 0.2) is 0 Å². The van der Waals surface area contributed by atoms with Gasteiger partial charge in [0.05, 0.1) is 6.17 Å². The highest BCUT2D eigenvalue weighted by Crippen LogP contribution is 1.95. The third-order valence-corrected chi connectivity index (χ3v) is 1.01. The normalized spacial score (nSPS) is 13.7. The van der Waals surface area contributed by atoms with Crippen molar-refractivity contribution in [2.45, 2.75) is 32.9 Å². The summed E-state index contributed by atoms with van der Waals surface area (Å²) in [4.78, 5) is 0. The number of hydrogen-bond acceptors (Lipinski definition) is 1. The number of ether oxygens (including phenoxy) is 1. The van der Waals surface area contributed by atoms with Crippen LogP contribution >= 0.6 is 0 Å². The molecule has 0 amide bonds. The highest BCUT2D eigenvalue weighted by Gasteiger charge is 1.95. The van der Waals surface area contributed by atoms with Crippen molar-refractivity contribution < 1.29 is 9.13 Å². The molecule has 1 atom stereocenters. The van der Waals surface area contributed by atoms with Crippen LogP contribution in [0.3, 0.4) is 0 Å². The maximum absolute atomic E-state index is 12.0. The van der Waals surface area contributed by atoms with Gasteiger partial charge in [0.2, 0.25) is 0 Å². The zero-order valence-electron chi connectivity index (χ0n) is 6.19. The van der Waals surface area contributed by atoms with Gasteiger partial charge in [0, 0.05) is 19.6 Å². The zero-order valence-corrected chi connectivity index (χ0v) is 6.19. The molecule has 0 aromatic carbocycles. The fourth-order valence-electron chi connectivity index (χ4n) is 0.492. The number of halogens is 1. The quantitative estimate of drug-likeness (QED) is 0.523. The molecule has 0 rings (SSSR count). The molecular weight excluding hydrogens is 119 g/mol. The average Bonchev–Trinajstić information content (AvgIpc) is 1.80. The summed E-state index contributed by atoms with van der Waals surface area (Å²) < 4.78 is 17.1. The standard InChI is InChI=1S/C7H15FO/c1-3-5-9-6-4-7(2)8/h7H,3-6H2,1-2H3. The van der Waals surface area contributed by atoms with Gasteiger partial charge in [-0.25, -0.2) is 4.39 Å². The molecule has 0 aliphatic carbocycles. The first-order valence-corrected chi connectivity index (χ1v) is 3.49. The van der Waals surface area contributed by atoms with Gasteiger partial charge >= 0.3 is 0 Å². The van der Waals surface area contributed by atoms with Crippen LogP contribution < -0.4 is 0 Å². The summed E-state index contributed by atoms with van der Waals surface area (Å²) in [5.41, 5.74) is 0. The van der Waals surface area contributed by atoms with Crippen LogP contribution in [-0.2, 0) is 4.74 Å². The number of hydrogen-bond donors (Lipinski definition) is 0. The van der Waals surface area contributed by atoms with Gasteiger partial charge in [0.1, 0.15) is 0 Å². The summed E-state index contributed by atoms with van der Waals surface area (Å²) in [7, 11) is 0. The topological polar surface area (TPSA) is 9.23 Å². The molecule has 0 saturated carbocycles. The average molecular weight is 134 g/mol. The minimum absolute atomic E-state index is 0.528. The highest BCUT2D eigenvalue weighted by atomic mass is 19.1. The molecule has 0 spiro atoms. The van der Waals surface area contributed by atoms with Crippen LogP contribution in [0, 0.1) is 0 Å². The van der Waals surface area contributed by atoms with Gasteiger partial charge in [-0.2, -0.15) is 0 Å². The van der Waals surface area contributed by atoms with Crippen molar-refractivity contribution in [2.75, 3.05) is 13.2 Å². The van der Waals surface area contributed by atoms with Crippen LogP contribution in [0.4, 0.5) is 4.39 Å². The number of rotatable bonds is 5. The van der Waals surface area contributed by atoms with Crippen molar-refractivity contribution in [3.8, 4) is 0 Å². The minimum Gasteiger partial charge on any atom is -0.381 e. The van der Waals surface area contributed by atoms with Crippen LogP contribution in [0.2, 0.25) is 0 Å². The van der Waals surface area contributed by atoms with E-state index < -0.39 is 6.17 Å². The molecule has 56 valence electrons. The Morgan fingerprint density at radius 2 is 2.11 bits per heavy atom. The van der Waals surface area contributed by atoms with E-state index in [4.69, 9.17) is 4.74 Å². The maximum atomic E-state index is 12.0. The van der Waals surface area contributed by atoms with Gasteiger partial charge in [-0.3, -0.25) is 0 Å². The summed E-state index contributed by atoms with van der Waals surface area (Å²) in [5.74, 6) is 0. The Hall–Kier alpha value is -0.110. The third-order valence-electron chi connectivity index (χ3n) is 1.01. The lowest BCUT2D eigenvalue weighted by atomic mass is 10.3. The van der Waals surface area contributed by atoms with Gasteiger partial charge in [-0.15, -0.1) is 0 Å². The second-order valence-electron chi connectivity index (χ2n) is 2.18. The smallest absolute Gasteiger partial charge is 0.0995 e. The molecule has 0 aromatic heterocycles. The highest BCUT2D eigenvalue weighted by molar-refractivity contribution is 4.44. The SMILES string of the molecule is CCCOCCC(C)F. The Labute approximate surface area is 56.2 Å². The first kappa shape index (κ1) is 8.89. The summed E-state index contributed by atoms with van der Waals surface area (Å²) >= 11 is 0. The van der Waals surface area contributed by atoms with Gasteiger partial charge in [0.25, 0.3) is 0 Å². The Morgan fingerprint density at radius 1 is 1.44 bits per heavy atom. The Bertz CT molecular complexity index is 54.9. The van der Waals surface area contributed by atoms with E-state index in [9.17, 15) is 4.39 Å². The summed E-state index contributed by atoms with van der Waals surface area (Å²) in [5, 5.41) is 0. The van der Waals surface area contributed by atoms with Crippen LogP contribution in [0.5, 0.6) is 0 Å². The van der Waals surface area contributed by atoms with Gasteiger partial charge in [-0.1, -0.05) is 6.92 Å². The van der Waals surface area contributed by atoms with E-state index in [1.807, 2.05) is 6.92 Å². The van der Waals surface area contributed by atoms with Crippen LogP contribution in [0.1, 0.15) is 26.7 Å². The molecule has 2 heteroatoms. The Balaban J connectivity index is 2.75. The first-order valence-electron chi connectivity index (χ1n) is 3.49. The first-order chi connectivity index (χ1) is 4.27. The van der Waals surface area contributed by atoms with E-state index in [2.05, 4.69) is 0 Å². The van der Waals surface area contributed by atoms with Crippen molar-refractivity contribution in [1.82, 2.24) is 0 Å². The molecule has 0 fully saturated rings. The molecule has 0 radical (unpaired) electrons. The molecule has 0 aliphatic rings. The van der Waals surface area contributed by atoms with E-state index >= 15 is 0 Å².